The number of hydrogen-bond acceptors (Lipinski definition) is 4. The molecule has 0 radical (unpaired) electrons. The molecule has 2 rings (SSSR count). The molecule has 1 unspecified atom stereocenters. The maximum absolute atomic E-state index is 12.5. The Morgan fingerprint density at radius 3 is 2.39 bits per heavy atom. The van der Waals surface area contributed by atoms with Gasteiger partial charge in [-0.3, -0.25) is 4.79 Å². The number of rotatable bonds is 4. The minimum absolute atomic E-state index is 0.0780. The van der Waals surface area contributed by atoms with Crippen LogP contribution in [0.25, 0.3) is 0 Å². The molecule has 8 heteroatoms. The number of benzene rings is 1. The fourth-order valence-electron chi connectivity index (χ4n) is 2.03. The van der Waals surface area contributed by atoms with E-state index in [0.717, 1.165) is 24.3 Å². The molecular formula is C15H15F3N2O3. The lowest BCUT2D eigenvalue weighted by atomic mass is 10.1. The molecule has 0 saturated heterocycles. The van der Waals surface area contributed by atoms with Crippen molar-refractivity contribution in [3.05, 3.63) is 52.4 Å². The topological polar surface area (TPSA) is 75.4 Å². The lowest BCUT2D eigenvalue weighted by Crippen LogP contribution is -2.29. The van der Waals surface area contributed by atoms with E-state index in [4.69, 9.17) is 4.52 Å². The van der Waals surface area contributed by atoms with Gasteiger partial charge in [-0.1, -0.05) is 17.3 Å². The van der Waals surface area contributed by atoms with Crippen LogP contribution in [-0.2, 0) is 17.5 Å². The molecule has 23 heavy (non-hydrogen) atoms. The number of aliphatic hydroxyl groups is 1. The summed E-state index contributed by atoms with van der Waals surface area (Å²) in [5.41, 5.74) is 0.545. The van der Waals surface area contributed by atoms with Gasteiger partial charge >= 0.3 is 6.18 Å². The Hall–Kier alpha value is -2.35. The fourth-order valence-corrected chi connectivity index (χ4v) is 2.03. The van der Waals surface area contributed by atoms with E-state index in [1.807, 2.05) is 0 Å². The van der Waals surface area contributed by atoms with Crippen LogP contribution in [0.1, 0.15) is 34.2 Å². The zero-order valence-corrected chi connectivity index (χ0v) is 12.4. The SMILES string of the molecule is Cc1noc(C)c1CNC(=O)C(O)c1ccc(C(F)(F)F)cc1. The summed E-state index contributed by atoms with van der Waals surface area (Å²) < 4.78 is 42.4. The van der Waals surface area contributed by atoms with Crippen molar-refractivity contribution in [2.24, 2.45) is 0 Å². The van der Waals surface area contributed by atoms with Crippen molar-refractivity contribution < 1.29 is 27.6 Å². The van der Waals surface area contributed by atoms with Gasteiger partial charge in [-0.05, 0) is 31.5 Å². The summed E-state index contributed by atoms with van der Waals surface area (Å²) in [5, 5.41) is 16.2. The lowest BCUT2D eigenvalue weighted by molar-refractivity contribution is -0.137. The van der Waals surface area contributed by atoms with Gasteiger partial charge in [0.05, 0.1) is 11.3 Å². The number of alkyl halides is 3. The minimum atomic E-state index is -4.46. The van der Waals surface area contributed by atoms with Gasteiger partial charge in [0.15, 0.2) is 6.10 Å². The summed E-state index contributed by atoms with van der Waals surface area (Å²) >= 11 is 0. The van der Waals surface area contributed by atoms with Crippen LogP contribution in [0, 0.1) is 13.8 Å². The van der Waals surface area contributed by atoms with Gasteiger partial charge in [-0.15, -0.1) is 0 Å². The number of aryl methyl sites for hydroxylation is 2. The molecule has 1 aromatic carbocycles. The molecule has 1 amide bonds. The van der Waals surface area contributed by atoms with E-state index in [2.05, 4.69) is 10.5 Å². The first kappa shape index (κ1) is 17.0. The van der Waals surface area contributed by atoms with Crippen LogP contribution in [0.2, 0.25) is 0 Å². The summed E-state index contributed by atoms with van der Waals surface area (Å²) in [6.45, 7) is 3.51. The van der Waals surface area contributed by atoms with Gasteiger partial charge in [0.2, 0.25) is 0 Å². The molecule has 1 heterocycles. The van der Waals surface area contributed by atoms with Crippen LogP contribution < -0.4 is 5.32 Å². The standard InChI is InChI=1S/C15H15F3N2O3/c1-8-12(9(2)23-20-8)7-19-14(22)13(21)10-3-5-11(6-4-10)15(16,17)18/h3-6,13,21H,7H2,1-2H3,(H,19,22). The van der Waals surface area contributed by atoms with E-state index in [1.165, 1.54) is 0 Å². The molecule has 1 atom stereocenters. The summed E-state index contributed by atoms with van der Waals surface area (Å²) in [5.74, 6) is -0.170. The van der Waals surface area contributed by atoms with E-state index in [-0.39, 0.29) is 12.1 Å². The molecule has 0 aliphatic carbocycles. The number of aromatic nitrogens is 1. The third kappa shape index (κ3) is 3.89. The summed E-state index contributed by atoms with van der Waals surface area (Å²) in [6, 6.07) is 3.78. The van der Waals surface area contributed by atoms with Gasteiger partial charge in [-0.25, -0.2) is 0 Å². The first-order chi connectivity index (χ1) is 10.7. The van der Waals surface area contributed by atoms with Gasteiger partial charge in [-0.2, -0.15) is 13.2 Å². The molecule has 0 bridgehead atoms. The third-order valence-electron chi connectivity index (χ3n) is 3.42. The number of hydrogen-bond donors (Lipinski definition) is 2. The molecule has 1 aromatic heterocycles. The maximum atomic E-state index is 12.5. The molecule has 0 aliphatic heterocycles. The van der Waals surface area contributed by atoms with Crippen LogP contribution in [0.3, 0.4) is 0 Å². The number of nitrogens with one attached hydrogen (secondary N) is 1. The Kier molecular flexibility index (Phi) is 4.74. The highest BCUT2D eigenvalue weighted by Crippen LogP contribution is 2.30. The Bertz CT molecular complexity index is 673. The summed E-state index contributed by atoms with van der Waals surface area (Å²) in [6.07, 6.45) is -6.02. The maximum Gasteiger partial charge on any atom is 0.416 e. The highest BCUT2D eigenvalue weighted by Gasteiger charge is 2.30. The van der Waals surface area contributed by atoms with Crippen LogP contribution in [0.4, 0.5) is 13.2 Å². The highest BCUT2D eigenvalue weighted by atomic mass is 19.4. The normalized spacial score (nSPS) is 13.0. The molecule has 5 nitrogen and oxygen atoms in total. The first-order valence-electron chi connectivity index (χ1n) is 6.75. The predicted octanol–water partition coefficient (Wildman–Crippen LogP) is 2.66. The van der Waals surface area contributed by atoms with Crippen LogP contribution in [-0.4, -0.2) is 16.2 Å². The van der Waals surface area contributed by atoms with Crippen molar-refractivity contribution in [3.63, 3.8) is 0 Å². The lowest BCUT2D eigenvalue weighted by Gasteiger charge is -2.13. The van der Waals surface area contributed by atoms with Gasteiger partial charge in [0, 0.05) is 12.1 Å². The molecule has 0 spiro atoms. The molecule has 0 fully saturated rings. The minimum Gasteiger partial charge on any atom is -0.378 e. The Morgan fingerprint density at radius 1 is 1.30 bits per heavy atom. The van der Waals surface area contributed by atoms with Crippen molar-refractivity contribution in [1.82, 2.24) is 10.5 Å². The predicted molar refractivity (Wildman–Crippen MR) is 74.2 cm³/mol. The highest BCUT2D eigenvalue weighted by molar-refractivity contribution is 5.81. The largest absolute Gasteiger partial charge is 0.416 e. The van der Waals surface area contributed by atoms with E-state index in [0.29, 0.717) is 17.0 Å². The van der Waals surface area contributed by atoms with E-state index in [1.54, 1.807) is 13.8 Å². The zero-order valence-electron chi connectivity index (χ0n) is 12.4. The van der Waals surface area contributed by atoms with Crippen LogP contribution in [0.15, 0.2) is 28.8 Å². The number of carbonyl (C=O) groups is 1. The third-order valence-corrected chi connectivity index (χ3v) is 3.42. The number of carbonyl (C=O) groups excluding carboxylic acids is 1. The number of aliphatic hydroxyl groups excluding tert-OH is 1. The van der Waals surface area contributed by atoms with Crippen molar-refractivity contribution >= 4 is 5.91 Å². The number of halogens is 3. The quantitative estimate of drug-likeness (QED) is 0.905. The molecule has 0 aliphatic rings. The van der Waals surface area contributed by atoms with Crippen molar-refractivity contribution in [1.29, 1.82) is 0 Å². The van der Waals surface area contributed by atoms with Crippen LogP contribution >= 0.6 is 0 Å². The van der Waals surface area contributed by atoms with E-state index in [9.17, 15) is 23.1 Å². The average molecular weight is 328 g/mol. The molecule has 2 N–H and O–H groups in total. The number of amides is 1. The molecular weight excluding hydrogens is 313 g/mol. The van der Waals surface area contributed by atoms with E-state index < -0.39 is 23.8 Å². The van der Waals surface area contributed by atoms with Crippen molar-refractivity contribution in [3.8, 4) is 0 Å². The second-order valence-electron chi connectivity index (χ2n) is 5.04. The molecule has 124 valence electrons. The fraction of sp³-hybridized carbons (Fsp3) is 0.333. The first-order valence-corrected chi connectivity index (χ1v) is 6.75. The smallest absolute Gasteiger partial charge is 0.378 e. The monoisotopic (exact) mass is 328 g/mol. The summed E-state index contributed by atoms with van der Waals surface area (Å²) in [7, 11) is 0. The second kappa shape index (κ2) is 6.41. The van der Waals surface area contributed by atoms with Crippen molar-refractivity contribution in [2.75, 3.05) is 0 Å². The second-order valence-corrected chi connectivity index (χ2v) is 5.04. The Morgan fingerprint density at radius 2 is 1.91 bits per heavy atom. The average Bonchev–Trinajstić information content (AvgIpc) is 2.82. The van der Waals surface area contributed by atoms with Crippen LogP contribution in [0.5, 0.6) is 0 Å². The Balaban J connectivity index is 2.02. The Labute approximate surface area is 130 Å². The van der Waals surface area contributed by atoms with Gasteiger partial charge in [0.25, 0.3) is 5.91 Å². The van der Waals surface area contributed by atoms with Gasteiger partial charge in [0.1, 0.15) is 5.76 Å². The number of nitrogens with zero attached hydrogens (tertiary/aromatic N) is 1. The molecule has 2 aromatic rings. The zero-order chi connectivity index (χ0) is 17.2. The van der Waals surface area contributed by atoms with E-state index >= 15 is 0 Å². The summed E-state index contributed by atoms with van der Waals surface area (Å²) in [4.78, 5) is 11.9. The van der Waals surface area contributed by atoms with Crippen molar-refractivity contribution in [2.45, 2.75) is 32.7 Å². The van der Waals surface area contributed by atoms with Gasteiger partial charge < -0.3 is 14.9 Å². The molecule has 0 saturated carbocycles.